The van der Waals surface area contributed by atoms with Gasteiger partial charge in [-0.2, -0.15) is 0 Å². The number of benzene rings is 1. The molecule has 0 fully saturated rings. The van der Waals surface area contributed by atoms with Crippen LogP contribution in [0.3, 0.4) is 0 Å². The molecular weight excluding hydrogens is 382 g/mol. The molecule has 1 atom stereocenters. The maximum absolute atomic E-state index is 12.2. The van der Waals surface area contributed by atoms with E-state index in [4.69, 9.17) is 11.6 Å². The van der Waals surface area contributed by atoms with Crippen molar-refractivity contribution in [1.82, 2.24) is 5.32 Å². The maximum atomic E-state index is 12.2. The van der Waals surface area contributed by atoms with Crippen LogP contribution in [0.4, 0.5) is 5.69 Å². The second kappa shape index (κ2) is 10.3. The van der Waals surface area contributed by atoms with Crippen molar-refractivity contribution in [2.45, 2.75) is 20.4 Å². The molecular formula is C20H25ClN3O2S+. The van der Waals surface area contributed by atoms with E-state index in [-0.39, 0.29) is 24.9 Å². The minimum Gasteiger partial charge on any atom is -0.342 e. The van der Waals surface area contributed by atoms with Gasteiger partial charge in [0, 0.05) is 5.69 Å². The Kier molecular flexibility index (Phi) is 8.03. The van der Waals surface area contributed by atoms with Gasteiger partial charge < -0.3 is 15.5 Å². The third-order valence-electron chi connectivity index (χ3n) is 4.22. The summed E-state index contributed by atoms with van der Waals surface area (Å²) >= 11 is 7.47. The summed E-state index contributed by atoms with van der Waals surface area (Å²) in [5, 5.41) is 5.53. The van der Waals surface area contributed by atoms with Crippen molar-refractivity contribution in [2.75, 3.05) is 25.0 Å². The summed E-state index contributed by atoms with van der Waals surface area (Å²) in [4.78, 5) is 26.5. The van der Waals surface area contributed by atoms with Crippen LogP contribution in [0.25, 0.3) is 0 Å². The van der Waals surface area contributed by atoms with Gasteiger partial charge in [0.2, 0.25) is 5.91 Å². The molecule has 144 valence electrons. The minimum atomic E-state index is -0.243. The van der Waals surface area contributed by atoms with Crippen LogP contribution in [0.5, 0.6) is 0 Å². The van der Waals surface area contributed by atoms with Crippen LogP contribution < -0.4 is 15.5 Å². The first-order valence-electron chi connectivity index (χ1n) is 8.70. The third kappa shape index (κ3) is 6.82. The van der Waals surface area contributed by atoms with Crippen molar-refractivity contribution in [1.29, 1.82) is 0 Å². The Morgan fingerprint density at radius 2 is 2.00 bits per heavy atom. The molecule has 27 heavy (non-hydrogen) atoms. The molecule has 0 spiro atoms. The molecule has 2 amide bonds. The molecule has 3 N–H and O–H groups in total. The molecule has 0 saturated heterocycles. The molecule has 1 aromatic carbocycles. The van der Waals surface area contributed by atoms with Crippen LogP contribution in [0.2, 0.25) is 4.34 Å². The molecule has 5 nitrogen and oxygen atoms in total. The summed E-state index contributed by atoms with van der Waals surface area (Å²) in [5.41, 5.74) is 2.89. The molecule has 1 heterocycles. The van der Waals surface area contributed by atoms with Crippen molar-refractivity contribution < 1.29 is 14.5 Å². The van der Waals surface area contributed by atoms with Crippen LogP contribution in [-0.2, 0) is 16.1 Å². The molecule has 0 aliphatic rings. The highest BCUT2D eigenvalue weighted by molar-refractivity contribution is 7.16. The van der Waals surface area contributed by atoms with Crippen LogP contribution in [0.1, 0.15) is 16.0 Å². The quantitative estimate of drug-likeness (QED) is 0.560. The number of thiophene rings is 1. The Balaban J connectivity index is 1.83. The smallest absolute Gasteiger partial charge is 0.275 e. The Bertz CT molecular complexity index is 819. The van der Waals surface area contributed by atoms with E-state index in [9.17, 15) is 9.59 Å². The predicted octanol–water partition coefficient (Wildman–Crippen LogP) is 2.34. The highest BCUT2D eigenvalue weighted by Crippen LogP contribution is 2.20. The Hall–Kier alpha value is -2.15. The Morgan fingerprint density at radius 1 is 1.22 bits per heavy atom. The van der Waals surface area contributed by atoms with Gasteiger partial charge in [-0.3, -0.25) is 9.59 Å². The summed E-state index contributed by atoms with van der Waals surface area (Å²) in [6.45, 7) is 9.24. The van der Waals surface area contributed by atoms with Crippen LogP contribution in [0.15, 0.2) is 43.0 Å². The number of rotatable bonds is 9. The zero-order valence-electron chi connectivity index (χ0n) is 15.6. The van der Waals surface area contributed by atoms with Crippen LogP contribution >= 0.6 is 22.9 Å². The lowest BCUT2D eigenvalue weighted by atomic mass is 10.1. The Morgan fingerprint density at radius 3 is 2.67 bits per heavy atom. The van der Waals surface area contributed by atoms with E-state index in [1.165, 1.54) is 11.3 Å². The van der Waals surface area contributed by atoms with E-state index in [1.807, 2.05) is 44.2 Å². The second-order valence-electron chi connectivity index (χ2n) is 6.37. The average Bonchev–Trinajstić information content (AvgIpc) is 3.02. The molecule has 1 aromatic heterocycles. The van der Waals surface area contributed by atoms with Crippen LogP contribution in [0, 0.1) is 13.8 Å². The summed E-state index contributed by atoms with van der Waals surface area (Å²) in [6.07, 6.45) is 1.78. The normalized spacial score (nSPS) is 11.7. The standard InChI is InChI=1S/C20H24ClN3O2S/c1-4-10-24(12-16-8-9-18(21)27-16)13-20(26)22-11-19(25)23-17-7-5-6-14(2)15(17)3/h4-9H,1,10-13H2,2-3H3,(H,22,26)(H,23,25)/p+1. The molecule has 1 unspecified atom stereocenters. The fraction of sp³-hybridized carbons (Fsp3) is 0.300. The van der Waals surface area contributed by atoms with E-state index < -0.39 is 0 Å². The SMILES string of the molecule is C=CC[NH+](CC(=O)NCC(=O)Nc1cccc(C)c1C)Cc1ccc(Cl)s1. The van der Waals surface area contributed by atoms with Gasteiger partial charge in [0.1, 0.15) is 6.54 Å². The third-order valence-corrected chi connectivity index (χ3v) is 5.45. The van der Waals surface area contributed by atoms with Crippen molar-refractivity contribution in [3.05, 3.63) is 63.3 Å². The fourth-order valence-electron chi connectivity index (χ4n) is 2.65. The number of hydrogen-bond acceptors (Lipinski definition) is 3. The topological polar surface area (TPSA) is 62.6 Å². The van der Waals surface area contributed by atoms with Gasteiger partial charge >= 0.3 is 0 Å². The van der Waals surface area contributed by atoms with E-state index in [0.717, 1.165) is 30.9 Å². The number of nitrogens with one attached hydrogen (secondary N) is 3. The zero-order chi connectivity index (χ0) is 19.8. The van der Waals surface area contributed by atoms with Gasteiger partial charge in [0.05, 0.1) is 22.3 Å². The molecule has 0 radical (unpaired) electrons. The summed E-state index contributed by atoms with van der Waals surface area (Å²) in [7, 11) is 0. The highest BCUT2D eigenvalue weighted by atomic mass is 35.5. The largest absolute Gasteiger partial charge is 0.342 e. The summed E-state index contributed by atoms with van der Waals surface area (Å²) in [6, 6.07) is 9.55. The van der Waals surface area contributed by atoms with Crippen molar-refractivity contribution >= 4 is 40.4 Å². The number of aryl methyl sites for hydroxylation is 1. The first kappa shape index (κ1) is 21.2. The lowest BCUT2D eigenvalue weighted by molar-refractivity contribution is -0.899. The van der Waals surface area contributed by atoms with Gasteiger partial charge in [-0.1, -0.05) is 30.3 Å². The molecule has 0 bridgehead atoms. The van der Waals surface area contributed by atoms with Gasteiger partial charge in [-0.15, -0.1) is 11.3 Å². The maximum Gasteiger partial charge on any atom is 0.275 e. The number of halogens is 1. The predicted molar refractivity (Wildman–Crippen MR) is 111 cm³/mol. The van der Waals surface area contributed by atoms with E-state index >= 15 is 0 Å². The van der Waals surface area contributed by atoms with Gasteiger partial charge in [-0.05, 0) is 49.2 Å². The van der Waals surface area contributed by atoms with Crippen molar-refractivity contribution in [3.8, 4) is 0 Å². The molecule has 0 aliphatic heterocycles. The lowest BCUT2D eigenvalue weighted by Gasteiger charge is -2.17. The monoisotopic (exact) mass is 406 g/mol. The number of amides is 2. The van der Waals surface area contributed by atoms with E-state index in [2.05, 4.69) is 17.2 Å². The zero-order valence-corrected chi connectivity index (χ0v) is 17.2. The van der Waals surface area contributed by atoms with Crippen molar-refractivity contribution in [2.24, 2.45) is 0 Å². The number of hydrogen-bond donors (Lipinski definition) is 3. The molecule has 2 aromatic rings. The molecule has 0 saturated carbocycles. The first-order chi connectivity index (χ1) is 12.9. The highest BCUT2D eigenvalue weighted by Gasteiger charge is 2.16. The number of quaternary nitrogens is 1. The number of carbonyl (C=O) groups excluding carboxylic acids is 2. The minimum absolute atomic E-state index is 0.0571. The Labute approximate surface area is 169 Å². The molecule has 0 aliphatic carbocycles. The van der Waals surface area contributed by atoms with E-state index in [1.54, 1.807) is 6.08 Å². The number of carbonyl (C=O) groups is 2. The van der Waals surface area contributed by atoms with Gasteiger partial charge in [-0.25, -0.2) is 0 Å². The number of anilines is 1. The van der Waals surface area contributed by atoms with Gasteiger partial charge in [0.15, 0.2) is 6.54 Å². The lowest BCUT2D eigenvalue weighted by Crippen LogP contribution is -3.11. The summed E-state index contributed by atoms with van der Waals surface area (Å²) in [5.74, 6) is -0.419. The molecule has 2 rings (SSSR count). The van der Waals surface area contributed by atoms with Crippen molar-refractivity contribution in [3.63, 3.8) is 0 Å². The van der Waals surface area contributed by atoms with Gasteiger partial charge in [0.25, 0.3) is 5.91 Å². The first-order valence-corrected chi connectivity index (χ1v) is 9.90. The van der Waals surface area contributed by atoms with Crippen LogP contribution in [-0.4, -0.2) is 31.4 Å². The fourth-order valence-corrected chi connectivity index (χ4v) is 3.81. The average molecular weight is 407 g/mol. The second-order valence-corrected chi connectivity index (χ2v) is 8.17. The molecule has 7 heteroatoms. The summed E-state index contributed by atoms with van der Waals surface area (Å²) < 4.78 is 0.732. The van der Waals surface area contributed by atoms with E-state index in [0.29, 0.717) is 13.1 Å².